The van der Waals surface area contributed by atoms with E-state index in [1.165, 1.54) is 0 Å². The molecule has 4 heteroatoms. The Balaban J connectivity index is 1.55. The van der Waals surface area contributed by atoms with Crippen molar-refractivity contribution in [3.05, 3.63) is 48.0 Å². The fourth-order valence-electron chi connectivity index (χ4n) is 4.21. The van der Waals surface area contributed by atoms with E-state index in [2.05, 4.69) is 29.3 Å². The van der Waals surface area contributed by atoms with E-state index in [0.29, 0.717) is 0 Å². The topological polar surface area (TPSA) is 52.6 Å². The van der Waals surface area contributed by atoms with Crippen LogP contribution in [0, 0.1) is 5.92 Å². The number of rotatable bonds is 8. The van der Waals surface area contributed by atoms with Crippen LogP contribution in [0.25, 0.3) is 0 Å². The molecule has 2 fully saturated rings. The predicted molar refractivity (Wildman–Crippen MR) is 109 cm³/mol. The lowest BCUT2D eigenvalue weighted by molar-refractivity contribution is -0.153. The molecule has 0 bridgehead atoms. The van der Waals surface area contributed by atoms with Gasteiger partial charge in [0.05, 0.1) is 0 Å². The molecule has 1 atom stereocenters. The van der Waals surface area contributed by atoms with Gasteiger partial charge in [-0.1, -0.05) is 55.8 Å². The molecule has 1 aliphatic heterocycles. The number of hydrogen-bond donors (Lipinski definition) is 2. The van der Waals surface area contributed by atoms with Crippen LogP contribution in [0.2, 0.25) is 0 Å². The third-order valence-electron chi connectivity index (χ3n) is 6.19. The van der Waals surface area contributed by atoms with Crippen molar-refractivity contribution in [2.45, 2.75) is 63.5 Å². The molecule has 2 N–H and O–H groups in total. The average Bonchev–Trinajstić information content (AvgIpc) is 2.65. The summed E-state index contributed by atoms with van der Waals surface area (Å²) in [7, 11) is 0. The second-order valence-electron chi connectivity index (χ2n) is 8.02. The molecule has 3 rings (SSSR count). The number of nitrogens with one attached hydrogen (secondary N) is 1. The minimum atomic E-state index is -1.39. The number of carbonyl (C=O) groups excluding carboxylic acids is 1. The van der Waals surface area contributed by atoms with Crippen LogP contribution in [0.15, 0.2) is 42.5 Å². The Bertz CT molecular complexity index is 619. The summed E-state index contributed by atoms with van der Waals surface area (Å²) in [5.41, 5.74) is -0.658. The molecule has 1 amide bonds. The number of aliphatic hydroxyl groups is 1. The molecule has 1 saturated heterocycles. The fraction of sp³-hybridized carbons (Fsp3) is 0.609. The van der Waals surface area contributed by atoms with Crippen molar-refractivity contribution < 1.29 is 9.90 Å². The molecule has 148 valence electrons. The van der Waals surface area contributed by atoms with Gasteiger partial charge >= 0.3 is 0 Å². The highest BCUT2D eigenvalue weighted by Gasteiger charge is 2.48. The van der Waals surface area contributed by atoms with E-state index >= 15 is 0 Å². The number of nitrogens with zero attached hydrogens (tertiary/aromatic N) is 1. The quantitative estimate of drug-likeness (QED) is 0.687. The Kier molecular flexibility index (Phi) is 7.08. The maximum Gasteiger partial charge on any atom is 0.257 e. The van der Waals surface area contributed by atoms with Crippen LogP contribution in [0.3, 0.4) is 0 Å². The Hall–Kier alpha value is -1.65. The number of carbonyl (C=O) groups is 1. The number of likely N-dealkylation sites (tertiary alicyclic amines) is 1. The van der Waals surface area contributed by atoms with Crippen LogP contribution < -0.4 is 5.32 Å². The van der Waals surface area contributed by atoms with Gasteiger partial charge in [-0.15, -0.1) is 0 Å². The second-order valence-corrected chi connectivity index (χ2v) is 8.02. The van der Waals surface area contributed by atoms with Gasteiger partial charge in [-0.3, -0.25) is 4.79 Å². The molecule has 1 saturated carbocycles. The summed E-state index contributed by atoms with van der Waals surface area (Å²) in [5.74, 6) is -0.173. The monoisotopic (exact) mass is 370 g/mol. The zero-order valence-electron chi connectivity index (χ0n) is 16.6. The van der Waals surface area contributed by atoms with Gasteiger partial charge in [0.2, 0.25) is 0 Å². The summed E-state index contributed by atoms with van der Waals surface area (Å²) in [6, 6.07) is 9.65. The van der Waals surface area contributed by atoms with Crippen molar-refractivity contribution in [3.63, 3.8) is 0 Å². The highest BCUT2D eigenvalue weighted by molar-refractivity contribution is 5.87. The van der Waals surface area contributed by atoms with Crippen molar-refractivity contribution in [1.82, 2.24) is 10.2 Å². The Morgan fingerprint density at radius 1 is 1.19 bits per heavy atom. The van der Waals surface area contributed by atoms with E-state index in [9.17, 15) is 9.90 Å². The van der Waals surface area contributed by atoms with Gasteiger partial charge in [0.15, 0.2) is 5.60 Å². The molecular weight excluding hydrogens is 336 g/mol. The normalized spacial score (nSPS) is 21.7. The third kappa shape index (κ3) is 4.80. The first kappa shape index (κ1) is 20.1. The van der Waals surface area contributed by atoms with Gasteiger partial charge in [0.1, 0.15) is 0 Å². The summed E-state index contributed by atoms with van der Waals surface area (Å²) < 4.78 is 0. The Morgan fingerprint density at radius 3 is 2.48 bits per heavy atom. The summed E-state index contributed by atoms with van der Waals surface area (Å²) in [5, 5.41) is 14.6. The molecular formula is C23H34N2O2. The van der Waals surface area contributed by atoms with Gasteiger partial charge in [-0.05, 0) is 44.1 Å². The maximum absolute atomic E-state index is 13.1. The Morgan fingerprint density at radius 2 is 1.89 bits per heavy atom. The molecule has 1 unspecified atom stereocenters. The van der Waals surface area contributed by atoms with Crippen LogP contribution in [-0.4, -0.2) is 41.6 Å². The highest BCUT2D eigenvalue weighted by Crippen LogP contribution is 2.42. The van der Waals surface area contributed by atoms with Gasteiger partial charge in [-0.25, -0.2) is 0 Å². The first-order valence-corrected chi connectivity index (χ1v) is 10.6. The number of piperidine rings is 1. The third-order valence-corrected chi connectivity index (χ3v) is 6.19. The van der Waals surface area contributed by atoms with Crippen LogP contribution in [0.5, 0.6) is 0 Å². The molecule has 1 aliphatic carbocycles. The van der Waals surface area contributed by atoms with E-state index in [4.69, 9.17) is 0 Å². The smallest absolute Gasteiger partial charge is 0.257 e. The standard InChI is InChI=1S/C23H34N2O2/c1-2-3-4-8-16-25-17-14-21(15-18-25)24-22(26)23(27,20-12-9-13-20)19-10-6-5-7-11-19/h3-7,10-11,20-21,27H,2,8-9,12-18H2,1H3,(H,24,26)/b4-3+. The summed E-state index contributed by atoms with van der Waals surface area (Å²) in [6.07, 6.45) is 11.5. The average molecular weight is 371 g/mol. The molecule has 1 heterocycles. The molecule has 4 nitrogen and oxygen atoms in total. The lowest BCUT2D eigenvalue weighted by Gasteiger charge is -2.42. The van der Waals surface area contributed by atoms with Gasteiger partial charge in [0, 0.05) is 31.6 Å². The van der Waals surface area contributed by atoms with Crippen LogP contribution in [0.1, 0.15) is 57.4 Å². The molecule has 0 aromatic heterocycles. The summed E-state index contributed by atoms with van der Waals surface area (Å²) in [6.45, 7) is 5.27. The van der Waals surface area contributed by atoms with E-state index in [1.807, 2.05) is 30.3 Å². The summed E-state index contributed by atoms with van der Waals surface area (Å²) in [4.78, 5) is 15.6. The number of hydrogen-bond acceptors (Lipinski definition) is 3. The van der Waals surface area contributed by atoms with E-state index < -0.39 is 5.60 Å². The lowest BCUT2D eigenvalue weighted by atomic mass is 9.69. The molecule has 1 aromatic rings. The molecule has 27 heavy (non-hydrogen) atoms. The SMILES string of the molecule is CC/C=C/CCN1CCC(NC(=O)C(O)(c2ccccc2)C2CCC2)CC1. The van der Waals surface area contributed by atoms with E-state index in [1.54, 1.807) is 0 Å². The number of allylic oxidation sites excluding steroid dienone is 1. The van der Waals surface area contributed by atoms with Gasteiger partial charge in [0.25, 0.3) is 5.91 Å². The number of benzene rings is 1. The van der Waals surface area contributed by atoms with Crippen molar-refractivity contribution >= 4 is 5.91 Å². The van der Waals surface area contributed by atoms with Gasteiger partial charge in [-0.2, -0.15) is 0 Å². The van der Waals surface area contributed by atoms with Crippen molar-refractivity contribution in [2.24, 2.45) is 5.92 Å². The second kappa shape index (κ2) is 9.52. The molecule has 1 aromatic carbocycles. The van der Waals surface area contributed by atoms with Crippen LogP contribution in [-0.2, 0) is 10.4 Å². The largest absolute Gasteiger partial charge is 0.375 e. The highest BCUT2D eigenvalue weighted by atomic mass is 16.3. The van der Waals surface area contributed by atoms with Crippen molar-refractivity contribution in [2.75, 3.05) is 19.6 Å². The van der Waals surface area contributed by atoms with E-state index in [-0.39, 0.29) is 17.9 Å². The fourth-order valence-corrected chi connectivity index (χ4v) is 4.21. The minimum Gasteiger partial charge on any atom is -0.375 e. The summed E-state index contributed by atoms with van der Waals surface area (Å²) >= 11 is 0. The van der Waals surface area contributed by atoms with Crippen molar-refractivity contribution in [1.29, 1.82) is 0 Å². The van der Waals surface area contributed by atoms with Crippen LogP contribution in [0.4, 0.5) is 0 Å². The first-order valence-electron chi connectivity index (χ1n) is 10.6. The first-order chi connectivity index (χ1) is 13.1. The zero-order chi connectivity index (χ0) is 19.1. The molecule has 0 spiro atoms. The van der Waals surface area contributed by atoms with Crippen molar-refractivity contribution in [3.8, 4) is 0 Å². The zero-order valence-corrected chi connectivity index (χ0v) is 16.6. The predicted octanol–water partition coefficient (Wildman–Crippen LogP) is 3.61. The number of amides is 1. The molecule has 0 radical (unpaired) electrons. The minimum absolute atomic E-state index is 0.0327. The van der Waals surface area contributed by atoms with Crippen LogP contribution >= 0.6 is 0 Å². The van der Waals surface area contributed by atoms with E-state index in [0.717, 1.165) is 70.1 Å². The Labute approximate surface area is 163 Å². The maximum atomic E-state index is 13.1. The molecule has 2 aliphatic rings. The lowest BCUT2D eigenvalue weighted by Crippen LogP contribution is -2.55. The van der Waals surface area contributed by atoms with Gasteiger partial charge < -0.3 is 15.3 Å².